The van der Waals surface area contributed by atoms with Crippen LogP contribution in [0.5, 0.6) is 0 Å². The maximum absolute atomic E-state index is 11.9. The molecule has 118 valence electrons. The third-order valence-electron chi connectivity index (χ3n) is 4.58. The molecule has 0 bridgehead atoms. The maximum Gasteiger partial charge on any atom is 0.308 e. The summed E-state index contributed by atoms with van der Waals surface area (Å²) in [7, 11) is 0. The number of piperidine rings is 1. The fraction of sp³-hybridized carbons (Fsp3) is 0.529. The predicted octanol–water partition coefficient (Wildman–Crippen LogP) is 2.11. The Morgan fingerprint density at radius 1 is 1.14 bits per heavy atom. The first-order chi connectivity index (χ1) is 10.6. The molecule has 0 saturated carbocycles. The minimum absolute atomic E-state index is 0.101. The Bertz CT molecular complexity index is 550. The molecule has 2 saturated heterocycles. The van der Waals surface area contributed by atoms with Crippen molar-refractivity contribution in [1.29, 1.82) is 0 Å². The Hall–Kier alpha value is -1.88. The van der Waals surface area contributed by atoms with Crippen LogP contribution >= 0.6 is 0 Å². The lowest BCUT2D eigenvalue weighted by molar-refractivity contribution is -0.141. The second-order valence-corrected chi connectivity index (χ2v) is 6.25. The summed E-state index contributed by atoms with van der Waals surface area (Å²) in [4.78, 5) is 27.0. The molecule has 1 aromatic carbocycles. The van der Waals surface area contributed by atoms with E-state index in [2.05, 4.69) is 4.90 Å². The highest BCUT2D eigenvalue weighted by atomic mass is 16.4. The molecule has 2 heterocycles. The highest BCUT2D eigenvalue weighted by Gasteiger charge is 2.34. The highest BCUT2D eigenvalue weighted by molar-refractivity contribution is 5.99. The van der Waals surface area contributed by atoms with Crippen molar-refractivity contribution in [2.24, 2.45) is 5.92 Å². The topological polar surface area (TPSA) is 60.9 Å². The van der Waals surface area contributed by atoms with E-state index >= 15 is 0 Å². The SMILES string of the molecule is O=C(O)[C@@H]1CC(=O)N(c2ccc(CN3CCCCC3)cc2)C1. The van der Waals surface area contributed by atoms with Gasteiger partial charge in [-0.15, -0.1) is 0 Å². The number of likely N-dealkylation sites (tertiary alicyclic amines) is 1. The molecule has 2 aliphatic rings. The van der Waals surface area contributed by atoms with E-state index in [0.717, 1.165) is 25.3 Å². The number of carboxylic acid groups (broad SMARTS) is 1. The first-order valence-corrected chi connectivity index (χ1v) is 7.98. The molecule has 22 heavy (non-hydrogen) atoms. The summed E-state index contributed by atoms with van der Waals surface area (Å²) in [5.74, 6) is -1.57. The Morgan fingerprint density at radius 3 is 2.41 bits per heavy atom. The maximum atomic E-state index is 11.9. The summed E-state index contributed by atoms with van der Waals surface area (Å²) in [6.45, 7) is 3.55. The van der Waals surface area contributed by atoms with Crippen LogP contribution in [0.4, 0.5) is 5.69 Å². The zero-order valence-electron chi connectivity index (χ0n) is 12.7. The predicted molar refractivity (Wildman–Crippen MR) is 83.7 cm³/mol. The third kappa shape index (κ3) is 3.30. The van der Waals surface area contributed by atoms with E-state index in [4.69, 9.17) is 5.11 Å². The molecular weight excluding hydrogens is 280 g/mol. The first kappa shape index (κ1) is 15.0. The average molecular weight is 302 g/mol. The summed E-state index contributed by atoms with van der Waals surface area (Å²) in [5, 5.41) is 9.04. The van der Waals surface area contributed by atoms with E-state index in [1.54, 1.807) is 4.90 Å². The number of aliphatic carboxylic acids is 1. The van der Waals surface area contributed by atoms with Gasteiger partial charge in [0.15, 0.2) is 0 Å². The van der Waals surface area contributed by atoms with Crippen molar-refractivity contribution in [2.75, 3.05) is 24.5 Å². The van der Waals surface area contributed by atoms with Gasteiger partial charge in [-0.25, -0.2) is 0 Å². The van der Waals surface area contributed by atoms with Crippen LogP contribution in [0.2, 0.25) is 0 Å². The van der Waals surface area contributed by atoms with E-state index in [1.807, 2.05) is 24.3 Å². The Balaban J connectivity index is 1.64. The Labute approximate surface area is 130 Å². The normalized spacial score (nSPS) is 23.0. The van der Waals surface area contributed by atoms with Gasteiger partial charge in [-0.2, -0.15) is 0 Å². The number of rotatable bonds is 4. The molecule has 5 heteroatoms. The van der Waals surface area contributed by atoms with Gasteiger partial charge in [-0.1, -0.05) is 18.6 Å². The van der Waals surface area contributed by atoms with E-state index in [1.165, 1.54) is 24.8 Å². The lowest BCUT2D eigenvalue weighted by atomic mass is 10.1. The third-order valence-corrected chi connectivity index (χ3v) is 4.58. The van der Waals surface area contributed by atoms with Crippen molar-refractivity contribution in [3.8, 4) is 0 Å². The molecule has 2 aliphatic heterocycles. The van der Waals surface area contributed by atoms with Gasteiger partial charge in [0.1, 0.15) is 0 Å². The number of hydrogen-bond donors (Lipinski definition) is 1. The summed E-state index contributed by atoms with van der Waals surface area (Å²) in [6, 6.07) is 7.96. The van der Waals surface area contributed by atoms with Crippen LogP contribution in [0, 0.1) is 5.92 Å². The van der Waals surface area contributed by atoms with Crippen molar-refractivity contribution in [2.45, 2.75) is 32.2 Å². The molecule has 1 atom stereocenters. The standard InChI is InChI=1S/C17H22N2O3/c20-16-10-14(17(21)22)12-19(16)15-6-4-13(5-7-15)11-18-8-2-1-3-9-18/h4-7,14H,1-3,8-12H2,(H,21,22)/t14-/m1/s1. The number of anilines is 1. The number of carbonyl (C=O) groups is 2. The van der Waals surface area contributed by atoms with Gasteiger partial charge in [0.2, 0.25) is 5.91 Å². The van der Waals surface area contributed by atoms with Crippen LogP contribution in [-0.2, 0) is 16.1 Å². The van der Waals surface area contributed by atoms with Gasteiger partial charge in [-0.05, 0) is 43.6 Å². The molecule has 0 aromatic heterocycles. The van der Waals surface area contributed by atoms with Gasteiger partial charge in [0.25, 0.3) is 0 Å². The van der Waals surface area contributed by atoms with Crippen molar-refractivity contribution in [1.82, 2.24) is 4.90 Å². The molecule has 0 aliphatic carbocycles. The monoisotopic (exact) mass is 302 g/mol. The molecule has 2 fully saturated rings. The van der Waals surface area contributed by atoms with Crippen molar-refractivity contribution < 1.29 is 14.7 Å². The summed E-state index contributed by atoms with van der Waals surface area (Å²) >= 11 is 0. The smallest absolute Gasteiger partial charge is 0.308 e. The van der Waals surface area contributed by atoms with Crippen LogP contribution in [0.15, 0.2) is 24.3 Å². The lowest BCUT2D eigenvalue weighted by Gasteiger charge is -2.26. The number of carboxylic acids is 1. The second-order valence-electron chi connectivity index (χ2n) is 6.25. The van der Waals surface area contributed by atoms with Crippen LogP contribution in [-0.4, -0.2) is 41.5 Å². The molecule has 1 aromatic rings. The lowest BCUT2D eigenvalue weighted by Crippen LogP contribution is -2.29. The molecule has 0 radical (unpaired) electrons. The van der Waals surface area contributed by atoms with Gasteiger partial charge in [0.05, 0.1) is 5.92 Å². The molecular formula is C17H22N2O3. The Morgan fingerprint density at radius 2 is 1.82 bits per heavy atom. The fourth-order valence-corrected chi connectivity index (χ4v) is 3.28. The van der Waals surface area contributed by atoms with Gasteiger partial charge in [-0.3, -0.25) is 14.5 Å². The number of hydrogen-bond acceptors (Lipinski definition) is 3. The van der Waals surface area contributed by atoms with E-state index in [9.17, 15) is 9.59 Å². The summed E-state index contributed by atoms with van der Waals surface area (Å²) in [6.07, 6.45) is 3.98. The van der Waals surface area contributed by atoms with Gasteiger partial charge < -0.3 is 10.0 Å². The summed E-state index contributed by atoms with van der Waals surface area (Å²) in [5.41, 5.74) is 2.04. The molecule has 5 nitrogen and oxygen atoms in total. The van der Waals surface area contributed by atoms with E-state index in [0.29, 0.717) is 0 Å². The van der Waals surface area contributed by atoms with Crippen LogP contribution < -0.4 is 4.90 Å². The molecule has 3 rings (SSSR count). The number of amides is 1. The summed E-state index contributed by atoms with van der Waals surface area (Å²) < 4.78 is 0. The van der Waals surface area contributed by atoms with E-state index in [-0.39, 0.29) is 18.9 Å². The number of benzene rings is 1. The van der Waals surface area contributed by atoms with Crippen molar-refractivity contribution in [3.63, 3.8) is 0 Å². The van der Waals surface area contributed by atoms with Crippen LogP contribution in [0.25, 0.3) is 0 Å². The number of nitrogens with zero attached hydrogens (tertiary/aromatic N) is 2. The van der Waals surface area contributed by atoms with Crippen molar-refractivity contribution in [3.05, 3.63) is 29.8 Å². The van der Waals surface area contributed by atoms with Gasteiger partial charge >= 0.3 is 5.97 Å². The fourth-order valence-electron chi connectivity index (χ4n) is 3.28. The molecule has 0 spiro atoms. The van der Waals surface area contributed by atoms with Crippen molar-refractivity contribution >= 4 is 17.6 Å². The molecule has 1 N–H and O–H groups in total. The molecule has 0 unspecified atom stereocenters. The highest BCUT2D eigenvalue weighted by Crippen LogP contribution is 2.26. The van der Waals surface area contributed by atoms with E-state index < -0.39 is 11.9 Å². The Kier molecular flexibility index (Phi) is 4.43. The zero-order chi connectivity index (χ0) is 15.5. The van der Waals surface area contributed by atoms with Crippen LogP contribution in [0.3, 0.4) is 0 Å². The zero-order valence-corrected chi connectivity index (χ0v) is 12.7. The number of carbonyl (C=O) groups excluding carboxylic acids is 1. The minimum atomic E-state index is -0.891. The second kappa shape index (κ2) is 6.48. The van der Waals surface area contributed by atoms with Gasteiger partial charge in [0, 0.05) is 25.2 Å². The first-order valence-electron chi connectivity index (χ1n) is 7.98. The van der Waals surface area contributed by atoms with Crippen LogP contribution in [0.1, 0.15) is 31.2 Å². The largest absolute Gasteiger partial charge is 0.481 e. The minimum Gasteiger partial charge on any atom is -0.481 e. The molecule has 1 amide bonds. The average Bonchev–Trinajstić information content (AvgIpc) is 2.91. The quantitative estimate of drug-likeness (QED) is 0.925.